The van der Waals surface area contributed by atoms with Crippen molar-refractivity contribution in [2.45, 2.75) is 70.7 Å². The lowest BCUT2D eigenvalue weighted by Crippen LogP contribution is -2.52. The molecule has 0 bridgehead atoms. The number of ether oxygens (including phenoxy) is 2. The number of para-hydroxylation sites is 1. The number of carboxylic acids is 1. The number of fused-ring (bicyclic) bond motifs is 3. The summed E-state index contributed by atoms with van der Waals surface area (Å²) >= 11 is 0. The standard InChI is InChI=1S/C26H31FO4/c1-4-7-17-9-6-11-19-23(17)31-26(2,3)21-15-20(25(28)29)22(30-24(19)21)13-12-16-8-5-10-18(27)14-16/h5-6,8-11,14,20-22,24H,4,7,12-13,15H2,1-3H3,(H,28,29)/t20-,21+,22+,24-/m1/s1. The van der Waals surface area contributed by atoms with Gasteiger partial charge in [-0.1, -0.05) is 43.7 Å². The predicted molar refractivity (Wildman–Crippen MR) is 117 cm³/mol. The molecule has 2 heterocycles. The van der Waals surface area contributed by atoms with E-state index in [1.807, 2.05) is 32.0 Å². The summed E-state index contributed by atoms with van der Waals surface area (Å²) in [5.41, 5.74) is 2.53. The van der Waals surface area contributed by atoms with E-state index in [4.69, 9.17) is 9.47 Å². The van der Waals surface area contributed by atoms with Crippen LogP contribution in [0.2, 0.25) is 0 Å². The van der Waals surface area contributed by atoms with Gasteiger partial charge >= 0.3 is 5.97 Å². The van der Waals surface area contributed by atoms with Crippen LogP contribution in [0, 0.1) is 17.7 Å². The van der Waals surface area contributed by atoms with Crippen LogP contribution in [0.15, 0.2) is 42.5 Å². The molecule has 166 valence electrons. The summed E-state index contributed by atoms with van der Waals surface area (Å²) in [6.45, 7) is 6.21. The summed E-state index contributed by atoms with van der Waals surface area (Å²) in [4.78, 5) is 12.1. The first kappa shape index (κ1) is 21.8. The molecule has 0 amide bonds. The number of rotatable bonds is 6. The first-order chi connectivity index (χ1) is 14.8. The second kappa shape index (κ2) is 8.62. The Labute approximate surface area is 183 Å². The van der Waals surface area contributed by atoms with E-state index in [1.165, 1.54) is 17.7 Å². The zero-order valence-electron chi connectivity index (χ0n) is 18.4. The van der Waals surface area contributed by atoms with E-state index in [-0.39, 0.29) is 17.8 Å². The van der Waals surface area contributed by atoms with E-state index in [0.29, 0.717) is 19.3 Å². The number of halogens is 1. The van der Waals surface area contributed by atoms with Gasteiger partial charge in [-0.25, -0.2) is 4.39 Å². The molecule has 2 aromatic carbocycles. The van der Waals surface area contributed by atoms with Crippen molar-refractivity contribution in [3.8, 4) is 5.75 Å². The number of hydrogen-bond acceptors (Lipinski definition) is 3. The maximum absolute atomic E-state index is 13.6. The highest BCUT2D eigenvalue weighted by molar-refractivity contribution is 5.71. The average Bonchev–Trinajstić information content (AvgIpc) is 2.72. The van der Waals surface area contributed by atoms with E-state index in [0.717, 1.165) is 29.7 Å². The van der Waals surface area contributed by atoms with Crippen molar-refractivity contribution < 1.29 is 23.8 Å². The van der Waals surface area contributed by atoms with Crippen LogP contribution >= 0.6 is 0 Å². The fraction of sp³-hybridized carbons (Fsp3) is 0.500. The minimum atomic E-state index is -0.843. The van der Waals surface area contributed by atoms with Crippen LogP contribution in [0.3, 0.4) is 0 Å². The van der Waals surface area contributed by atoms with Crippen LogP contribution < -0.4 is 4.74 Å². The van der Waals surface area contributed by atoms with E-state index in [1.54, 1.807) is 6.07 Å². The molecule has 31 heavy (non-hydrogen) atoms. The Hall–Kier alpha value is -2.40. The molecule has 1 N–H and O–H groups in total. The minimum absolute atomic E-state index is 0.0524. The molecule has 2 aromatic rings. The molecular weight excluding hydrogens is 395 g/mol. The molecule has 0 radical (unpaired) electrons. The van der Waals surface area contributed by atoms with Crippen LogP contribution in [0.25, 0.3) is 0 Å². The van der Waals surface area contributed by atoms with Crippen LogP contribution in [-0.2, 0) is 22.4 Å². The highest BCUT2D eigenvalue weighted by Gasteiger charge is 2.52. The maximum atomic E-state index is 13.6. The third-order valence-corrected chi connectivity index (χ3v) is 6.78. The van der Waals surface area contributed by atoms with Gasteiger partial charge in [0.1, 0.15) is 17.2 Å². The predicted octanol–water partition coefficient (Wildman–Crippen LogP) is 5.73. The molecule has 4 nitrogen and oxygen atoms in total. The molecule has 4 rings (SSSR count). The highest BCUT2D eigenvalue weighted by Crippen LogP contribution is 2.53. The van der Waals surface area contributed by atoms with Crippen LogP contribution in [0.5, 0.6) is 5.75 Å². The van der Waals surface area contributed by atoms with Gasteiger partial charge in [0.2, 0.25) is 0 Å². The molecule has 0 aliphatic carbocycles. The molecule has 0 spiro atoms. The van der Waals surface area contributed by atoms with Gasteiger partial charge in [-0.05, 0) is 62.8 Å². The molecule has 0 aromatic heterocycles. The van der Waals surface area contributed by atoms with Gasteiger partial charge in [0.15, 0.2) is 0 Å². The van der Waals surface area contributed by atoms with E-state index in [2.05, 4.69) is 13.0 Å². The summed E-state index contributed by atoms with van der Waals surface area (Å²) in [6.07, 6.45) is 2.92. The van der Waals surface area contributed by atoms with E-state index < -0.39 is 23.6 Å². The molecule has 1 fully saturated rings. The van der Waals surface area contributed by atoms with Gasteiger partial charge < -0.3 is 14.6 Å². The fourth-order valence-electron chi connectivity index (χ4n) is 5.15. The van der Waals surface area contributed by atoms with Gasteiger partial charge in [-0.2, -0.15) is 0 Å². The van der Waals surface area contributed by atoms with Gasteiger partial charge in [-0.15, -0.1) is 0 Å². The summed E-state index contributed by atoms with van der Waals surface area (Å²) in [5, 5.41) is 9.94. The molecule has 5 heteroatoms. The Morgan fingerprint density at radius 3 is 2.68 bits per heavy atom. The van der Waals surface area contributed by atoms with Crippen LogP contribution in [0.1, 0.15) is 62.8 Å². The number of aliphatic carboxylic acids is 1. The Bertz CT molecular complexity index is 954. The Morgan fingerprint density at radius 2 is 1.97 bits per heavy atom. The number of aryl methyl sites for hydroxylation is 2. The number of benzene rings is 2. The largest absolute Gasteiger partial charge is 0.487 e. The van der Waals surface area contributed by atoms with Crippen molar-refractivity contribution in [3.63, 3.8) is 0 Å². The highest BCUT2D eigenvalue weighted by atomic mass is 19.1. The van der Waals surface area contributed by atoms with Crippen LogP contribution in [-0.4, -0.2) is 22.8 Å². The molecule has 2 aliphatic heterocycles. The monoisotopic (exact) mass is 426 g/mol. The quantitative estimate of drug-likeness (QED) is 0.641. The van der Waals surface area contributed by atoms with Gasteiger partial charge in [0.05, 0.1) is 18.1 Å². The second-order valence-electron chi connectivity index (χ2n) is 9.34. The van der Waals surface area contributed by atoms with Gasteiger partial charge in [0, 0.05) is 11.5 Å². The Kier molecular flexibility index (Phi) is 6.07. The van der Waals surface area contributed by atoms with Gasteiger partial charge in [0.25, 0.3) is 0 Å². The third kappa shape index (κ3) is 4.33. The molecular formula is C26H31FO4. The second-order valence-corrected chi connectivity index (χ2v) is 9.34. The summed E-state index contributed by atoms with van der Waals surface area (Å²) in [7, 11) is 0. The zero-order valence-corrected chi connectivity index (χ0v) is 18.4. The number of carbonyl (C=O) groups is 1. The van der Waals surface area contributed by atoms with E-state index >= 15 is 0 Å². The third-order valence-electron chi connectivity index (χ3n) is 6.78. The summed E-state index contributed by atoms with van der Waals surface area (Å²) < 4.78 is 26.6. The molecule has 1 saturated heterocycles. The first-order valence-electron chi connectivity index (χ1n) is 11.2. The molecule has 2 aliphatic rings. The zero-order chi connectivity index (χ0) is 22.2. The average molecular weight is 427 g/mol. The SMILES string of the molecule is CCCc1cccc2c1OC(C)(C)[C@H]1C[C@@H](C(=O)O)[C@H](CCc3cccc(F)c3)O[C@H]21. The maximum Gasteiger partial charge on any atom is 0.309 e. The Morgan fingerprint density at radius 1 is 1.19 bits per heavy atom. The van der Waals surface area contributed by atoms with Crippen molar-refractivity contribution in [2.24, 2.45) is 11.8 Å². The Balaban J connectivity index is 1.64. The van der Waals surface area contributed by atoms with Crippen molar-refractivity contribution in [3.05, 3.63) is 65.0 Å². The molecule has 0 unspecified atom stereocenters. The smallest absolute Gasteiger partial charge is 0.309 e. The minimum Gasteiger partial charge on any atom is -0.487 e. The van der Waals surface area contributed by atoms with Crippen molar-refractivity contribution >= 4 is 5.97 Å². The molecule has 4 atom stereocenters. The normalized spacial score (nSPS) is 26.5. The van der Waals surface area contributed by atoms with Crippen molar-refractivity contribution in [1.29, 1.82) is 0 Å². The summed E-state index contributed by atoms with van der Waals surface area (Å²) in [6, 6.07) is 12.7. The lowest BCUT2D eigenvalue weighted by Gasteiger charge is -2.50. The summed E-state index contributed by atoms with van der Waals surface area (Å²) in [5.74, 6) is -0.890. The number of carboxylic acid groups (broad SMARTS) is 1. The lowest BCUT2D eigenvalue weighted by molar-refractivity contribution is -0.188. The molecule has 0 saturated carbocycles. The fourth-order valence-corrected chi connectivity index (χ4v) is 5.15. The first-order valence-corrected chi connectivity index (χ1v) is 11.2. The van der Waals surface area contributed by atoms with E-state index in [9.17, 15) is 14.3 Å². The van der Waals surface area contributed by atoms with Crippen LogP contribution in [0.4, 0.5) is 4.39 Å². The van der Waals surface area contributed by atoms with Crippen molar-refractivity contribution in [2.75, 3.05) is 0 Å². The number of hydrogen-bond donors (Lipinski definition) is 1. The van der Waals surface area contributed by atoms with Crippen molar-refractivity contribution in [1.82, 2.24) is 0 Å². The van der Waals surface area contributed by atoms with Gasteiger partial charge in [-0.3, -0.25) is 4.79 Å². The topological polar surface area (TPSA) is 55.8 Å². The lowest BCUT2D eigenvalue weighted by atomic mass is 9.71.